The second kappa shape index (κ2) is 6.22. The van der Waals surface area contributed by atoms with Gasteiger partial charge in [-0.15, -0.1) is 0 Å². The minimum absolute atomic E-state index is 0.164. The number of piperidine rings is 1. The van der Waals surface area contributed by atoms with Gasteiger partial charge < -0.3 is 14.4 Å². The zero-order valence-corrected chi connectivity index (χ0v) is 15.6. The van der Waals surface area contributed by atoms with Crippen molar-refractivity contribution in [2.45, 2.75) is 50.4 Å². The van der Waals surface area contributed by atoms with Crippen molar-refractivity contribution in [1.29, 1.82) is 0 Å². The van der Waals surface area contributed by atoms with Gasteiger partial charge in [0.1, 0.15) is 0 Å². The highest BCUT2D eigenvalue weighted by atomic mass is 16.5. The van der Waals surface area contributed by atoms with Gasteiger partial charge in [-0.05, 0) is 37.3 Å². The van der Waals surface area contributed by atoms with Gasteiger partial charge in [0.25, 0.3) is 0 Å². The van der Waals surface area contributed by atoms with E-state index < -0.39 is 0 Å². The number of nitrogens with one attached hydrogen (secondary N) is 1. The fourth-order valence-corrected chi connectivity index (χ4v) is 4.16. The molecule has 1 saturated heterocycles. The normalized spacial score (nSPS) is 23.1. The summed E-state index contributed by atoms with van der Waals surface area (Å²) in [5.74, 6) is 2.15. The zero-order valence-electron chi connectivity index (χ0n) is 15.6. The lowest BCUT2D eigenvalue weighted by Crippen LogP contribution is -2.48. The minimum Gasteiger partial charge on any atom is -0.361 e. The molecule has 1 saturated carbocycles. The fourth-order valence-electron chi connectivity index (χ4n) is 4.16. The number of likely N-dealkylation sites (tertiary alicyclic amines) is 1. The third-order valence-corrected chi connectivity index (χ3v) is 5.97. The number of H-pyrrole nitrogens is 1. The summed E-state index contributed by atoms with van der Waals surface area (Å²) in [6.45, 7) is 3.60. The lowest BCUT2D eigenvalue weighted by atomic mass is 9.81. The Balaban J connectivity index is 1.33. The third kappa shape index (κ3) is 3.03. The number of amides is 1. The molecule has 27 heavy (non-hydrogen) atoms. The predicted octanol–water partition coefficient (Wildman–Crippen LogP) is 3.55. The van der Waals surface area contributed by atoms with Crippen molar-refractivity contribution in [2.24, 2.45) is 0 Å². The fraction of sp³-hybridized carbons (Fsp3) is 0.476. The molecular formula is C21H24N4O2. The standard InChI is InChI=1S/C21H24N4O2/c1-21(20-23-19(27-24-20)14-7-8-14)9-4-10-25(13-21)18(26)11-15-12-22-17-6-3-2-5-16(15)17/h2-3,5-6,12,14,22H,4,7-11,13H2,1H3. The smallest absolute Gasteiger partial charge is 0.229 e. The minimum atomic E-state index is -0.231. The molecule has 1 aromatic carbocycles. The summed E-state index contributed by atoms with van der Waals surface area (Å²) in [5, 5.41) is 5.38. The summed E-state index contributed by atoms with van der Waals surface area (Å²) in [6.07, 6.45) is 6.60. The molecule has 2 aromatic heterocycles. The van der Waals surface area contributed by atoms with E-state index in [-0.39, 0.29) is 11.3 Å². The van der Waals surface area contributed by atoms with E-state index in [1.165, 1.54) is 0 Å². The summed E-state index contributed by atoms with van der Waals surface area (Å²) in [4.78, 5) is 22.9. The van der Waals surface area contributed by atoms with Gasteiger partial charge in [0.05, 0.1) is 6.42 Å². The number of carbonyl (C=O) groups is 1. The van der Waals surface area contributed by atoms with E-state index in [4.69, 9.17) is 4.52 Å². The number of nitrogens with zero attached hydrogens (tertiary/aromatic N) is 3. The van der Waals surface area contributed by atoms with Crippen molar-refractivity contribution < 1.29 is 9.32 Å². The van der Waals surface area contributed by atoms with Crippen LogP contribution >= 0.6 is 0 Å². The molecule has 3 aromatic rings. The first-order valence-corrected chi connectivity index (χ1v) is 9.79. The molecule has 1 atom stereocenters. The molecule has 1 aliphatic heterocycles. The number of aromatic amines is 1. The highest BCUT2D eigenvalue weighted by Crippen LogP contribution is 2.40. The largest absolute Gasteiger partial charge is 0.361 e. The topological polar surface area (TPSA) is 75.0 Å². The molecular weight excluding hydrogens is 340 g/mol. The Morgan fingerprint density at radius 1 is 1.37 bits per heavy atom. The number of fused-ring (bicyclic) bond motifs is 1. The Bertz CT molecular complexity index is 987. The van der Waals surface area contributed by atoms with Crippen LogP contribution in [0.25, 0.3) is 10.9 Å². The van der Waals surface area contributed by atoms with E-state index in [9.17, 15) is 4.79 Å². The summed E-state index contributed by atoms with van der Waals surface area (Å²) in [5.41, 5.74) is 1.90. The van der Waals surface area contributed by atoms with Crippen LogP contribution in [0.1, 0.15) is 55.8 Å². The van der Waals surface area contributed by atoms with Gasteiger partial charge in [-0.25, -0.2) is 0 Å². The van der Waals surface area contributed by atoms with E-state index in [0.717, 1.165) is 60.4 Å². The summed E-state index contributed by atoms with van der Waals surface area (Å²) >= 11 is 0. The Morgan fingerprint density at radius 3 is 3.07 bits per heavy atom. The van der Waals surface area contributed by atoms with E-state index in [0.29, 0.717) is 18.9 Å². The van der Waals surface area contributed by atoms with Crippen molar-refractivity contribution in [3.8, 4) is 0 Å². The maximum atomic E-state index is 13.0. The molecule has 0 bridgehead atoms. The summed E-state index contributed by atoms with van der Waals surface area (Å²) < 4.78 is 5.47. The van der Waals surface area contributed by atoms with Gasteiger partial charge >= 0.3 is 0 Å². The number of carbonyl (C=O) groups excluding carboxylic acids is 1. The summed E-state index contributed by atoms with van der Waals surface area (Å²) in [7, 11) is 0. The molecule has 6 heteroatoms. The lowest BCUT2D eigenvalue weighted by molar-refractivity contribution is -0.132. The molecule has 2 fully saturated rings. The van der Waals surface area contributed by atoms with E-state index in [1.54, 1.807) is 0 Å². The SMILES string of the molecule is CC1(c2noc(C3CC3)n2)CCCN(C(=O)Cc2c[nH]c3ccccc23)C1. The quantitative estimate of drug-likeness (QED) is 0.768. The van der Waals surface area contributed by atoms with E-state index >= 15 is 0 Å². The predicted molar refractivity (Wildman–Crippen MR) is 101 cm³/mol. The Morgan fingerprint density at radius 2 is 2.22 bits per heavy atom. The lowest BCUT2D eigenvalue weighted by Gasteiger charge is -2.38. The molecule has 2 aliphatic rings. The van der Waals surface area contributed by atoms with Gasteiger partial charge in [-0.2, -0.15) is 4.98 Å². The van der Waals surface area contributed by atoms with Gasteiger partial charge in [-0.1, -0.05) is 30.3 Å². The van der Waals surface area contributed by atoms with Gasteiger partial charge in [0, 0.05) is 41.5 Å². The second-order valence-electron chi connectivity index (χ2n) is 8.25. The molecule has 1 amide bonds. The Labute approximate surface area is 157 Å². The number of hydrogen-bond acceptors (Lipinski definition) is 4. The monoisotopic (exact) mass is 364 g/mol. The molecule has 140 valence electrons. The summed E-state index contributed by atoms with van der Waals surface area (Å²) in [6, 6.07) is 8.11. The van der Waals surface area contributed by atoms with Crippen LogP contribution in [-0.2, 0) is 16.6 Å². The third-order valence-electron chi connectivity index (χ3n) is 5.97. The van der Waals surface area contributed by atoms with Crippen LogP contribution < -0.4 is 0 Å². The molecule has 5 rings (SSSR count). The highest BCUT2D eigenvalue weighted by molar-refractivity contribution is 5.89. The first kappa shape index (κ1) is 16.5. The second-order valence-corrected chi connectivity index (χ2v) is 8.25. The van der Waals surface area contributed by atoms with E-state index in [1.807, 2.05) is 29.3 Å². The van der Waals surface area contributed by atoms with Crippen molar-refractivity contribution in [1.82, 2.24) is 20.0 Å². The molecule has 1 aliphatic carbocycles. The van der Waals surface area contributed by atoms with Gasteiger partial charge in [0.15, 0.2) is 5.82 Å². The maximum absolute atomic E-state index is 13.0. The number of rotatable bonds is 4. The molecule has 1 N–H and O–H groups in total. The number of hydrogen-bond donors (Lipinski definition) is 1. The first-order valence-electron chi connectivity index (χ1n) is 9.79. The van der Waals surface area contributed by atoms with Crippen LogP contribution in [0.15, 0.2) is 35.0 Å². The highest BCUT2D eigenvalue weighted by Gasteiger charge is 2.40. The number of benzene rings is 1. The van der Waals surface area contributed by atoms with Crippen LogP contribution in [0.4, 0.5) is 0 Å². The Kier molecular flexibility index (Phi) is 3.81. The molecule has 1 unspecified atom stereocenters. The number of aromatic nitrogens is 3. The van der Waals surface area contributed by atoms with Crippen molar-refractivity contribution in [3.63, 3.8) is 0 Å². The maximum Gasteiger partial charge on any atom is 0.229 e. The molecule has 3 heterocycles. The van der Waals surface area contributed by atoms with E-state index in [2.05, 4.69) is 28.1 Å². The van der Waals surface area contributed by atoms with Crippen LogP contribution in [-0.4, -0.2) is 39.0 Å². The molecule has 6 nitrogen and oxygen atoms in total. The van der Waals surface area contributed by atoms with Crippen molar-refractivity contribution in [2.75, 3.05) is 13.1 Å². The molecule has 0 spiro atoms. The van der Waals surface area contributed by atoms with Gasteiger partial charge in [-0.3, -0.25) is 4.79 Å². The van der Waals surface area contributed by atoms with Crippen molar-refractivity contribution >= 4 is 16.8 Å². The zero-order chi connectivity index (χ0) is 18.4. The van der Waals surface area contributed by atoms with Crippen molar-refractivity contribution in [3.05, 3.63) is 47.7 Å². The van der Waals surface area contributed by atoms with Crippen LogP contribution in [0, 0.1) is 0 Å². The Hall–Kier alpha value is -2.63. The average molecular weight is 364 g/mol. The first-order chi connectivity index (χ1) is 13.1. The van der Waals surface area contributed by atoms with Crippen LogP contribution in [0.3, 0.4) is 0 Å². The molecule has 0 radical (unpaired) electrons. The van der Waals surface area contributed by atoms with Crippen LogP contribution in [0.5, 0.6) is 0 Å². The average Bonchev–Trinajstić information content (AvgIpc) is 3.26. The van der Waals surface area contributed by atoms with Crippen LogP contribution in [0.2, 0.25) is 0 Å². The van der Waals surface area contributed by atoms with Gasteiger partial charge in [0.2, 0.25) is 11.8 Å². The number of para-hydroxylation sites is 1.